The third-order valence-corrected chi connectivity index (χ3v) is 5.25. The van der Waals surface area contributed by atoms with Gasteiger partial charge >= 0.3 is 5.97 Å². The van der Waals surface area contributed by atoms with Gasteiger partial charge in [-0.2, -0.15) is 0 Å². The maximum Gasteiger partial charge on any atom is 0.333 e. The van der Waals surface area contributed by atoms with Crippen LogP contribution in [0.2, 0.25) is 0 Å². The Labute approximate surface area is 135 Å². The van der Waals surface area contributed by atoms with Gasteiger partial charge in [-0.3, -0.25) is 0 Å². The van der Waals surface area contributed by atoms with Crippen LogP contribution in [0.1, 0.15) is 34.6 Å². The van der Waals surface area contributed by atoms with E-state index in [9.17, 15) is 15.0 Å². The average Bonchev–Trinajstić information content (AvgIpc) is 2.44. The lowest BCUT2D eigenvalue weighted by atomic mass is 9.60. The van der Waals surface area contributed by atoms with E-state index in [1.807, 2.05) is 0 Å². The van der Waals surface area contributed by atoms with E-state index in [1.54, 1.807) is 27.7 Å². The number of carbonyl (C=O) groups is 1. The lowest BCUT2D eigenvalue weighted by molar-refractivity contribution is -0.552. The van der Waals surface area contributed by atoms with Gasteiger partial charge in [-0.05, 0) is 34.6 Å². The van der Waals surface area contributed by atoms with Crippen molar-refractivity contribution in [3.05, 3.63) is 12.2 Å². The molecular formula is C16H24O7. The lowest BCUT2D eigenvalue weighted by Crippen LogP contribution is -2.94. The van der Waals surface area contributed by atoms with Crippen LogP contribution in [0.15, 0.2) is 12.2 Å². The van der Waals surface area contributed by atoms with Crippen molar-refractivity contribution in [1.29, 1.82) is 0 Å². The molecular weight excluding hydrogens is 304 g/mol. The van der Waals surface area contributed by atoms with Gasteiger partial charge in [0.2, 0.25) is 5.79 Å². The van der Waals surface area contributed by atoms with Crippen LogP contribution in [0, 0.1) is 0 Å². The van der Waals surface area contributed by atoms with E-state index in [0.717, 1.165) is 0 Å². The second-order valence-corrected chi connectivity index (χ2v) is 7.61. The van der Waals surface area contributed by atoms with E-state index in [0.29, 0.717) is 0 Å². The average molecular weight is 328 g/mol. The molecule has 23 heavy (non-hydrogen) atoms. The Balaban J connectivity index is 1.85. The molecule has 2 N–H and O–H groups in total. The van der Waals surface area contributed by atoms with Gasteiger partial charge in [-0.25, -0.2) is 4.79 Å². The first-order valence-corrected chi connectivity index (χ1v) is 7.67. The van der Waals surface area contributed by atoms with Crippen LogP contribution in [0.5, 0.6) is 0 Å². The fourth-order valence-corrected chi connectivity index (χ4v) is 3.61. The zero-order valence-corrected chi connectivity index (χ0v) is 14.1. The zero-order chi connectivity index (χ0) is 17.4. The molecule has 3 aliphatic rings. The number of hydrogen-bond donors (Lipinski definition) is 2. The molecule has 3 saturated heterocycles. The molecule has 3 rings (SSSR count). The normalized spacial score (nSPS) is 45.8. The highest BCUT2D eigenvalue weighted by Crippen LogP contribution is 2.61. The van der Waals surface area contributed by atoms with E-state index in [4.69, 9.17) is 18.9 Å². The van der Waals surface area contributed by atoms with Crippen molar-refractivity contribution < 1.29 is 34.0 Å². The van der Waals surface area contributed by atoms with Crippen LogP contribution in [0.4, 0.5) is 0 Å². The molecule has 7 nitrogen and oxygen atoms in total. The summed E-state index contributed by atoms with van der Waals surface area (Å²) in [6.45, 7) is 11.7. The number of esters is 1. The summed E-state index contributed by atoms with van der Waals surface area (Å²) in [5.41, 5.74) is -3.07. The summed E-state index contributed by atoms with van der Waals surface area (Å²) in [5, 5.41) is 22.0. The van der Waals surface area contributed by atoms with Crippen molar-refractivity contribution in [2.75, 3.05) is 6.61 Å². The second-order valence-electron chi connectivity index (χ2n) is 7.61. The fraction of sp³-hybridized carbons (Fsp3) is 0.812. The van der Waals surface area contributed by atoms with Crippen molar-refractivity contribution in [1.82, 2.24) is 0 Å². The van der Waals surface area contributed by atoms with Gasteiger partial charge in [0.1, 0.15) is 30.5 Å². The SMILES string of the molecule is C=C(C)C(=O)OC[C@H]1OC2(O)[C@H](OC2(C)C)[C@@]2(O)[C@H]1OC2(C)C. The third-order valence-electron chi connectivity index (χ3n) is 5.25. The standard InChI is InChI=1S/C16H24O7/c1-8(2)11(17)20-7-9-10-15(18,13(3,4)22-10)12-16(19,21-9)14(5,6)23-12/h9-10,12,18-19H,1,7H2,2-6H3/t9-,10+,12-,15+,16?/m1/s1. The molecule has 0 amide bonds. The van der Waals surface area contributed by atoms with E-state index < -0.39 is 46.9 Å². The molecule has 3 fully saturated rings. The molecule has 0 spiro atoms. The first-order valence-electron chi connectivity index (χ1n) is 7.67. The highest BCUT2D eigenvalue weighted by molar-refractivity contribution is 5.86. The first kappa shape index (κ1) is 16.9. The number of aliphatic hydroxyl groups is 2. The predicted molar refractivity (Wildman–Crippen MR) is 78.4 cm³/mol. The smallest absolute Gasteiger partial charge is 0.333 e. The van der Waals surface area contributed by atoms with E-state index in [-0.39, 0.29) is 12.2 Å². The minimum atomic E-state index is -1.68. The van der Waals surface area contributed by atoms with Gasteiger partial charge in [-0.15, -0.1) is 0 Å². The van der Waals surface area contributed by atoms with Gasteiger partial charge in [0.25, 0.3) is 0 Å². The molecule has 0 saturated carbocycles. The molecule has 0 aliphatic carbocycles. The molecule has 130 valence electrons. The molecule has 0 bridgehead atoms. The summed E-state index contributed by atoms with van der Waals surface area (Å²) >= 11 is 0. The van der Waals surface area contributed by atoms with Crippen LogP contribution >= 0.6 is 0 Å². The summed E-state index contributed by atoms with van der Waals surface area (Å²) in [6, 6.07) is 0. The summed E-state index contributed by atoms with van der Waals surface area (Å²) in [5.74, 6) is -2.24. The Morgan fingerprint density at radius 1 is 1.13 bits per heavy atom. The minimum Gasteiger partial charge on any atom is -0.459 e. The fourth-order valence-electron chi connectivity index (χ4n) is 3.61. The minimum absolute atomic E-state index is 0.153. The summed E-state index contributed by atoms with van der Waals surface area (Å²) in [6.07, 6.45) is -2.48. The number of fused-ring (bicyclic) bond motifs is 3. The summed E-state index contributed by atoms with van der Waals surface area (Å²) in [7, 11) is 0. The Morgan fingerprint density at radius 3 is 2.22 bits per heavy atom. The maximum absolute atomic E-state index is 11.6. The number of rotatable bonds is 3. The van der Waals surface area contributed by atoms with E-state index in [1.165, 1.54) is 6.92 Å². The van der Waals surface area contributed by atoms with Gasteiger partial charge < -0.3 is 29.2 Å². The van der Waals surface area contributed by atoms with Crippen LogP contribution in [-0.4, -0.2) is 63.7 Å². The maximum atomic E-state index is 11.6. The molecule has 7 heteroatoms. The number of carbonyl (C=O) groups excluding carboxylic acids is 1. The van der Waals surface area contributed by atoms with Crippen molar-refractivity contribution in [3.8, 4) is 0 Å². The quantitative estimate of drug-likeness (QED) is 0.567. The van der Waals surface area contributed by atoms with Gasteiger partial charge in [0, 0.05) is 5.57 Å². The van der Waals surface area contributed by atoms with Crippen molar-refractivity contribution in [2.45, 2.75) is 75.5 Å². The molecule has 0 radical (unpaired) electrons. The molecule has 3 heterocycles. The van der Waals surface area contributed by atoms with E-state index >= 15 is 0 Å². The third kappa shape index (κ3) is 1.91. The van der Waals surface area contributed by atoms with Crippen molar-refractivity contribution >= 4 is 5.97 Å². The number of hydrogen-bond acceptors (Lipinski definition) is 7. The van der Waals surface area contributed by atoms with Crippen LogP contribution in [-0.2, 0) is 23.7 Å². The van der Waals surface area contributed by atoms with Gasteiger partial charge in [0.15, 0.2) is 5.60 Å². The Kier molecular flexibility index (Phi) is 3.33. The van der Waals surface area contributed by atoms with Crippen molar-refractivity contribution in [3.63, 3.8) is 0 Å². The monoisotopic (exact) mass is 328 g/mol. The first-order chi connectivity index (χ1) is 10.4. The highest BCUT2D eigenvalue weighted by atomic mass is 16.8. The zero-order valence-electron chi connectivity index (χ0n) is 14.1. The highest BCUT2D eigenvalue weighted by Gasteiger charge is 2.83. The predicted octanol–water partition coefficient (Wildman–Crippen LogP) is 0.279. The summed E-state index contributed by atoms with van der Waals surface area (Å²) < 4.78 is 22.3. The molecule has 5 atom stereocenters. The Morgan fingerprint density at radius 2 is 1.74 bits per heavy atom. The lowest BCUT2D eigenvalue weighted by Gasteiger charge is -2.73. The van der Waals surface area contributed by atoms with Crippen LogP contribution < -0.4 is 0 Å². The topological polar surface area (TPSA) is 94.5 Å². The second kappa shape index (κ2) is 4.55. The Bertz CT molecular complexity index is 569. The summed E-state index contributed by atoms with van der Waals surface area (Å²) in [4.78, 5) is 11.6. The van der Waals surface area contributed by atoms with E-state index in [2.05, 4.69) is 6.58 Å². The van der Waals surface area contributed by atoms with Gasteiger partial charge in [-0.1, -0.05) is 6.58 Å². The Hall–Kier alpha value is -0.990. The molecule has 3 aliphatic heterocycles. The largest absolute Gasteiger partial charge is 0.459 e. The molecule has 1 unspecified atom stereocenters. The molecule has 0 aromatic heterocycles. The van der Waals surface area contributed by atoms with Crippen LogP contribution in [0.25, 0.3) is 0 Å². The molecule has 0 aromatic rings. The van der Waals surface area contributed by atoms with Gasteiger partial charge in [0.05, 0.1) is 5.60 Å². The molecule has 0 aromatic carbocycles. The van der Waals surface area contributed by atoms with Crippen molar-refractivity contribution in [2.24, 2.45) is 0 Å². The van der Waals surface area contributed by atoms with Crippen LogP contribution in [0.3, 0.4) is 0 Å². The number of ether oxygens (including phenoxy) is 4.